The number of imidazole rings is 1. The molecular weight excluding hydrogens is 372 g/mol. The van der Waals surface area contributed by atoms with Crippen molar-refractivity contribution in [3.63, 3.8) is 0 Å². The summed E-state index contributed by atoms with van der Waals surface area (Å²) < 4.78 is 7.97. The van der Waals surface area contributed by atoms with Crippen LogP contribution in [-0.2, 0) is 26.1 Å². The number of hydrogen-bond acceptors (Lipinski definition) is 4. The summed E-state index contributed by atoms with van der Waals surface area (Å²) in [5.41, 5.74) is 3.31. The Morgan fingerprint density at radius 2 is 2.14 bits per heavy atom. The van der Waals surface area contributed by atoms with Gasteiger partial charge in [0.2, 0.25) is 0 Å². The van der Waals surface area contributed by atoms with Gasteiger partial charge in [0.1, 0.15) is 11.6 Å². The largest absolute Gasteiger partial charge is 0.493 e. The van der Waals surface area contributed by atoms with Gasteiger partial charge in [0.05, 0.1) is 13.2 Å². The number of aromatic nitrogens is 2. The van der Waals surface area contributed by atoms with Gasteiger partial charge in [0.25, 0.3) is 0 Å². The highest BCUT2D eigenvalue weighted by Crippen LogP contribution is 2.56. The van der Waals surface area contributed by atoms with Crippen molar-refractivity contribution in [3.8, 4) is 5.75 Å². The summed E-state index contributed by atoms with van der Waals surface area (Å²) >= 11 is 0. The number of nitrogens with zero attached hydrogens (tertiary/aromatic N) is 3. The fourth-order valence-electron chi connectivity index (χ4n) is 5.11. The first-order valence-corrected chi connectivity index (χ1v) is 10.5. The summed E-state index contributed by atoms with van der Waals surface area (Å²) in [6.07, 6.45) is 9.06. The third kappa shape index (κ3) is 3.68. The molecule has 5 rings (SSSR count). The van der Waals surface area contributed by atoms with Crippen molar-refractivity contribution in [2.45, 2.75) is 58.3 Å². The number of benzene rings is 1. The van der Waals surface area contributed by atoms with Crippen LogP contribution in [0.5, 0.6) is 5.75 Å². The Hall–Kier alpha value is -1.56. The van der Waals surface area contributed by atoms with E-state index >= 15 is 0 Å². The molecule has 1 atom stereocenters. The molecule has 3 heterocycles. The highest BCUT2D eigenvalue weighted by molar-refractivity contribution is 5.85. The third-order valence-electron chi connectivity index (χ3n) is 6.81. The average molecular weight is 403 g/mol. The molecule has 1 spiro atoms. The maximum atomic E-state index is 5.69. The number of rotatable bonds is 6. The molecule has 2 aliphatic heterocycles. The lowest BCUT2D eigenvalue weighted by molar-refractivity contribution is 0.182. The lowest BCUT2D eigenvalue weighted by Gasteiger charge is -2.29. The molecule has 0 bridgehead atoms. The van der Waals surface area contributed by atoms with Crippen molar-refractivity contribution < 1.29 is 4.74 Å². The average Bonchev–Trinajstić information content (AvgIpc) is 3.04. The standard InChI is InChI=1S/C22H30N4O.ClH/c1-2-25-11-10-24-21(25)16-26(20-14-22(20)6-8-23-9-7-22)15-17-3-4-19-18(13-17)5-12-27-19;/h3-4,10-11,13,20,23H,2,5-9,12,14-16H2,1H3;1H. The minimum atomic E-state index is 0. The van der Waals surface area contributed by atoms with E-state index in [0.717, 1.165) is 38.4 Å². The number of fused-ring (bicyclic) bond motifs is 1. The first kappa shape index (κ1) is 19.7. The van der Waals surface area contributed by atoms with E-state index < -0.39 is 0 Å². The molecule has 1 unspecified atom stereocenters. The van der Waals surface area contributed by atoms with Crippen molar-refractivity contribution in [1.82, 2.24) is 19.8 Å². The minimum absolute atomic E-state index is 0. The van der Waals surface area contributed by atoms with Crippen LogP contribution in [0.2, 0.25) is 0 Å². The second kappa shape index (κ2) is 8.05. The smallest absolute Gasteiger partial charge is 0.122 e. The predicted octanol–water partition coefficient (Wildman–Crippen LogP) is 3.40. The van der Waals surface area contributed by atoms with E-state index in [2.05, 4.69) is 51.1 Å². The van der Waals surface area contributed by atoms with Crippen LogP contribution in [0.15, 0.2) is 30.6 Å². The van der Waals surface area contributed by atoms with Crippen LogP contribution in [0.1, 0.15) is 43.1 Å². The Kier molecular flexibility index (Phi) is 5.68. The Bertz CT molecular complexity index is 815. The molecule has 1 saturated carbocycles. The molecule has 1 saturated heterocycles. The van der Waals surface area contributed by atoms with Crippen LogP contribution < -0.4 is 10.1 Å². The molecular formula is C22H31ClN4O. The van der Waals surface area contributed by atoms with Crippen LogP contribution in [0.4, 0.5) is 0 Å². The minimum Gasteiger partial charge on any atom is -0.493 e. The molecule has 1 aromatic carbocycles. The van der Waals surface area contributed by atoms with Crippen molar-refractivity contribution in [2.75, 3.05) is 19.7 Å². The zero-order valence-electron chi connectivity index (χ0n) is 16.7. The molecule has 1 aromatic heterocycles. The van der Waals surface area contributed by atoms with Gasteiger partial charge >= 0.3 is 0 Å². The van der Waals surface area contributed by atoms with Gasteiger partial charge in [0, 0.05) is 37.9 Å². The maximum Gasteiger partial charge on any atom is 0.122 e. The number of halogens is 1. The van der Waals surface area contributed by atoms with E-state index in [-0.39, 0.29) is 12.4 Å². The van der Waals surface area contributed by atoms with Crippen LogP contribution >= 0.6 is 12.4 Å². The lowest BCUT2D eigenvalue weighted by atomic mass is 9.93. The van der Waals surface area contributed by atoms with Gasteiger partial charge in [-0.25, -0.2) is 4.98 Å². The summed E-state index contributed by atoms with van der Waals surface area (Å²) in [5, 5.41) is 3.53. The molecule has 3 aliphatic rings. The number of ether oxygens (including phenoxy) is 1. The first-order chi connectivity index (χ1) is 13.3. The molecule has 1 aliphatic carbocycles. The Morgan fingerprint density at radius 1 is 1.29 bits per heavy atom. The molecule has 6 heteroatoms. The van der Waals surface area contributed by atoms with Crippen LogP contribution in [-0.4, -0.2) is 40.2 Å². The van der Waals surface area contributed by atoms with Crippen molar-refractivity contribution in [3.05, 3.63) is 47.5 Å². The summed E-state index contributed by atoms with van der Waals surface area (Å²) in [6.45, 7) is 8.29. The SMILES string of the molecule is CCn1ccnc1CN(Cc1ccc2c(c1)CCO2)C1CC12CCNCC2.Cl. The van der Waals surface area contributed by atoms with E-state index in [1.165, 1.54) is 49.3 Å². The molecule has 28 heavy (non-hydrogen) atoms. The maximum absolute atomic E-state index is 5.69. The van der Waals surface area contributed by atoms with Gasteiger partial charge in [0.15, 0.2) is 0 Å². The van der Waals surface area contributed by atoms with Gasteiger partial charge < -0.3 is 14.6 Å². The summed E-state index contributed by atoms with van der Waals surface area (Å²) in [7, 11) is 0. The highest BCUT2D eigenvalue weighted by atomic mass is 35.5. The van der Waals surface area contributed by atoms with Gasteiger partial charge in [-0.2, -0.15) is 0 Å². The zero-order valence-corrected chi connectivity index (χ0v) is 17.5. The second-order valence-electron chi connectivity index (χ2n) is 8.41. The lowest BCUT2D eigenvalue weighted by Crippen LogP contribution is -2.36. The molecule has 1 N–H and O–H groups in total. The fourth-order valence-corrected chi connectivity index (χ4v) is 5.11. The van der Waals surface area contributed by atoms with Gasteiger partial charge in [-0.05, 0) is 61.9 Å². The molecule has 152 valence electrons. The van der Waals surface area contributed by atoms with Crippen LogP contribution in [0.3, 0.4) is 0 Å². The number of nitrogens with one attached hydrogen (secondary N) is 1. The normalized spacial score (nSPS) is 22.0. The Labute approximate surface area is 173 Å². The molecule has 0 radical (unpaired) electrons. The van der Waals surface area contributed by atoms with E-state index in [9.17, 15) is 0 Å². The molecule has 0 amide bonds. The van der Waals surface area contributed by atoms with E-state index in [4.69, 9.17) is 4.74 Å². The van der Waals surface area contributed by atoms with Crippen molar-refractivity contribution in [2.24, 2.45) is 5.41 Å². The number of hydrogen-bond donors (Lipinski definition) is 1. The van der Waals surface area contributed by atoms with Crippen LogP contribution in [0.25, 0.3) is 0 Å². The van der Waals surface area contributed by atoms with E-state index in [1.807, 2.05) is 6.20 Å². The Morgan fingerprint density at radius 3 is 2.96 bits per heavy atom. The third-order valence-corrected chi connectivity index (χ3v) is 6.81. The molecule has 5 nitrogen and oxygen atoms in total. The topological polar surface area (TPSA) is 42.3 Å². The summed E-state index contributed by atoms with van der Waals surface area (Å²) in [5.74, 6) is 2.27. The highest BCUT2D eigenvalue weighted by Gasteiger charge is 2.56. The zero-order chi connectivity index (χ0) is 18.3. The monoisotopic (exact) mass is 402 g/mol. The van der Waals surface area contributed by atoms with Crippen molar-refractivity contribution in [1.29, 1.82) is 0 Å². The number of piperidine rings is 1. The van der Waals surface area contributed by atoms with Crippen molar-refractivity contribution >= 4 is 12.4 Å². The summed E-state index contributed by atoms with van der Waals surface area (Å²) in [6, 6.07) is 7.46. The van der Waals surface area contributed by atoms with Gasteiger partial charge in [-0.15, -0.1) is 12.4 Å². The summed E-state index contributed by atoms with van der Waals surface area (Å²) in [4.78, 5) is 7.35. The van der Waals surface area contributed by atoms with E-state index in [0.29, 0.717) is 11.5 Å². The first-order valence-electron chi connectivity index (χ1n) is 10.5. The second-order valence-corrected chi connectivity index (χ2v) is 8.41. The van der Waals surface area contributed by atoms with Gasteiger partial charge in [-0.3, -0.25) is 4.90 Å². The predicted molar refractivity (Wildman–Crippen MR) is 113 cm³/mol. The fraction of sp³-hybridized carbons (Fsp3) is 0.591. The quantitative estimate of drug-likeness (QED) is 0.804. The van der Waals surface area contributed by atoms with Gasteiger partial charge in [-0.1, -0.05) is 12.1 Å². The molecule has 2 aromatic rings. The van der Waals surface area contributed by atoms with Crippen LogP contribution in [0, 0.1) is 5.41 Å². The molecule has 2 fully saturated rings. The Balaban J connectivity index is 0.00000192. The number of aryl methyl sites for hydroxylation is 1. The van der Waals surface area contributed by atoms with E-state index in [1.54, 1.807) is 0 Å².